The third kappa shape index (κ3) is 3.74. The van der Waals surface area contributed by atoms with Crippen LogP contribution in [0.25, 0.3) is 6.08 Å². The van der Waals surface area contributed by atoms with Crippen molar-refractivity contribution in [2.24, 2.45) is 0 Å². The SMILES string of the molecule is O=C1NC(=O)N(c2cccc(Br)c2)C(=O)/C1=C/c1cc([N+](=O)[O-])ccc1Cl. The Labute approximate surface area is 165 Å². The Bertz CT molecular complexity index is 1040. The second-order valence-electron chi connectivity index (χ2n) is 5.40. The Kier molecular flexibility index (Phi) is 5.06. The number of non-ortho nitro benzene ring substituents is 1. The van der Waals surface area contributed by atoms with Gasteiger partial charge in [-0.1, -0.05) is 33.6 Å². The standard InChI is InChI=1S/C17H9BrClN3O5/c18-10-2-1-3-11(8-10)21-16(24)13(15(23)20-17(21)25)7-9-6-12(22(26)27)4-5-14(9)19/h1-8H,(H,20,23,25)/b13-7+. The molecule has 1 heterocycles. The summed E-state index contributed by atoms with van der Waals surface area (Å²) in [6.07, 6.45) is 1.12. The van der Waals surface area contributed by atoms with Crippen LogP contribution in [0.1, 0.15) is 5.56 Å². The third-order valence-electron chi connectivity index (χ3n) is 3.66. The molecule has 0 aromatic heterocycles. The molecular weight excluding hydrogens is 442 g/mol. The Balaban J connectivity index is 2.07. The van der Waals surface area contributed by atoms with E-state index >= 15 is 0 Å². The normalized spacial score (nSPS) is 15.9. The van der Waals surface area contributed by atoms with Crippen molar-refractivity contribution in [2.75, 3.05) is 4.90 Å². The van der Waals surface area contributed by atoms with E-state index in [-0.39, 0.29) is 27.5 Å². The quantitative estimate of drug-likeness (QED) is 0.332. The molecule has 1 saturated heterocycles. The van der Waals surface area contributed by atoms with Crippen molar-refractivity contribution in [3.05, 3.63) is 73.2 Å². The maximum Gasteiger partial charge on any atom is 0.335 e. The van der Waals surface area contributed by atoms with Crippen molar-refractivity contribution in [1.29, 1.82) is 0 Å². The molecule has 2 aromatic carbocycles. The molecule has 8 nitrogen and oxygen atoms in total. The number of rotatable bonds is 3. The van der Waals surface area contributed by atoms with Gasteiger partial charge in [-0.25, -0.2) is 9.69 Å². The van der Waals surface area contributed by atoms with Gasteiger partial charge in [0, 0.05) is 27.2 Å². The first-order chi connectivity index (χ1) is 12.8. The second kappa shape index (κ2) is 7.29. The maximum absolute atomic E-state index is 12.8. The number of anilines is 1. The highest BCUT2D eigenvalue weighted by Crippen LogP contribution is 2.28. The van der Waals surface area contributed by atoms with Gasteiger partial charge in [-0.05, 0) is 30.3 Å². The molecule has 1 aliphatic heterocycles. The van der Waals surface area contributed by atoms with E-state index in [1.54, 1.807) is 12.1 Å². The van der Waals surface area contributed by atoms with Crippen LogP contribution in [0.4, 0.5) is 16.2 Å². The molecule has 0 aliphatic carbocycles. The lowest BCUT2D eigenvalue weighted by Gasteiger charge is -2.26. The molecule has 0 spiro atoms. The molecule has 4 amide bonds. The average Bonchev–Trinajstić information content (AvgIpc) is 2.59. The van der Waals surface area contributed by atoms with Gasteiger partial charge in [0.05, 0.1) is 10.6 Å². The maximum atomic E-state index is 12.8. The first-order valence-corrected chi connectivity index (χ1v) is 8.56. The van der Waals surface area contributed by atoms with Gasteiger partial charge in [0.1, 0.15) is 5.57 Å². The molecule has 136 valence electrons. The summed E-state index contributed by atoms with van der Waals surface area (Å²) in [6.45, 7) is 0. The number of carbonyl (C=O) groups is 3. The fourth-order valence-electron chi connectivity index (χ4n) is 2.42. The van der Waals surface area contributed by atoms with Crippen LogP contribution < -0.4 is 10.2 Å². The number of halogens is 2. The van der Waals surface area contributed by atoms with Crippen molar-refractivity contribution in [3.8, 4) is 0 Å². The minimum Gasteiger partial charge on any atom is -0.273 e. The summed E-state index contributed by atoms with van der Waals surface area (Å²) in [5, 5.41) is 13.1. The number of nitrogens with one attached hydrogen (secondary N) is 1. The Morgan fingerprint density at radius 1 is 1.15 bits per heavy atom. The first kappa shape index (κ1) is 18.7. The summed E-state index contributed by atoms with van der Waals surface area (Å²) in [5.74, 6) is -1.79. The van der Waals surface area contributed by atoms with E-state index in [9.17, 15) is 24.5 Å². The number of hydrogen-bond donors (Lipinski definition) is 1. The fraction of sp³-hybridized carbons (Fsp3) is 0. The number of hydrogen-bond acceptors (Lipinski definition) is 5. The molecule has 0 unspecified atom stereocenters. The molecule has 10 heteroatoms. The van der Waals surface area contributed by atoms with E-state index in [4.69, 9.17) is 11.6 Å². The Morgan fingerprint density at radius 3 is 2.56 bits per heavy atom. The van der Waals surface area contributed by atoms with Crippen LogP contribution in [0, 0.1) is 10.1 Å². The van der Waals surface area contributed by atoms with E-state index < -0.39 is 22.8 Å². The topological polar surface area (TPSA) is 110 Å². The van der Waals surface area contributed by atoms with E-state index in [1.165, 1.54) is 24.3 Å². The summed E-state index contributed by atoms with van der Waals surface area (Å²) in [4.78, 5) is 48.2. The lowest BCUT2D eigenvalue weighted by molar-refractivity contribution is -0.384. The summed E-state index contributed by atoms with van der Waals surface area (Å²) >= 11 is 9.27. The largest absolute Gasteiger partial charge is 0.335 e. The highest BCUT2D eigenvalue weighted by molar-refractivity contribution is 9.10. The number of urea groups is 1. The van der Waals surface area contributed by atoms with Gasteiger partial charge in [0.15, 0.2) is 0 Å². The van der Waals surface area contributed by atoms with Gasteiger partial charge in [-0.2, -0.15) is 0 Å². The molecular formula is C17H9BrClN3O5. The molecule has 0 atom stereocenters. The summed E-state index contributed by atoms with van der Waals surface area (Å²) in [5.41, 5.74) is -0.282. The lowest BCUT2D eigenvalue weighted by Crippen LogP contribution is -2.54. The minimum absolute atomic E-state index is 0.105. The monoisotopic (exact) mass is 449 g/mol. The van der Waals surface area contributed by atoms with Crippen LogP contribution in [0.2, 0.25) is 5.02 Å². The number of barbiturate groups is 1. The number of nitro groups is 1. The van der Waals surface area contributed by atoms with Gasteiger partial charge in [-0.3, -0.25) is 25.0 Å². The van der Waals surface area contributed by atoms with E-state index in [0.29, 0.717) is 4.47 Å². The zero-order chi connectivity index (χ0) is 19.7. The number of amides is 4. The smallest absolute Gasteiger partial charge is 0.273 e. The molecule has 1 fully saturated rings. The van der Waals surface area contributed by atoms with Gasteiger partial charge < -0.3 is 0 Å². The van der Waals surface area contributed by atoms with Gasteiger partial charge in [-0.15, -0.1) is 0 Å². The highest BCUT2D eigenvalue weighted by Gasteiger charge is 2.37. The molecule has 0 radical (unpaired) electrons. The number of benzene rings is 2. The average molecular weight is 451 g/mol. The number of nitrogens with zero attached hydrogens (tertiary/aromatic N) is 2. The predicted molar refractivity (Wildman–Crippen MR) is 101 cm³/mol. The van der Waals surface area contributed by atoms with Crippen LogP contribution >= 0.6 is 27.5 Å². The summed E-state index contributed by atoms with van der Waals surface area (Å²) < 4.78 is 0.629. The van der Waals surface area contributed by atoms with Crippen LogP contribution in [0.5, 0.6) is 0 Å². The van der Waals surface area contributed by atoms with Gasteiger partial charge >= 0.3 is 6.03 Å². The molecule has 3 rings (SSSR count). The molecule has 0 saturated carbocycles. The van der Waals surface area contributed by atoms with Gasteiger partial charge in [0.25, 0.3) is 17.5 Å². The predicted octanol–water partition coefficient (Wildman–Crippen LogP) is 3.68. The number of imide groups is 2. The van der Waals surface area contributed by atoms with Gasteiger partial charge in [0.2, 0.25) is 0 Å². The van der Waals surface area contributed by atoms with Crippen molar-refractivity contribution >= 4 is 62.8 Å². The zero-order valence-electron chi connectivity index (χ0n) is 13.3. The molecule has 2 aromatic rings. The summed E-state index contributed by atoms with van der Waals surface area (Å²) in [7, 11) is 0. The molecule has 27 heavy (non-hydrogen) atoms. The van der Waals surface area contributed by atoms with E-state index in [2.05, 4.69) is 21.2 Å². The van der Waals surface area contributed by atoms with Crippen LogP contribution in [-0.4, -0.2) is 22.8 Å². The fourth-order valence-corrected chi connectivity index (χ4v) is 2.98. The molecule has 1 N–H and O–H groups in total. The van der Waals surface area contributed by atoms with Crippen molar-refractivity contribution < 1.29 is 19.3 Å². The summed E-state index contributed by atoms with van der Waals surface area (Å²) in [6, 6.07) is 9.11. The van der Waals surface area contributed by atoms with Crippen LogP contribution in [0.3, 0.4) is 0 Å². The second-order valence-corrected chi connectivity index (χ2v) is 6.72. The zero-order valence-corrected chi connectivity index (χ0v) is 15.7. The van der Waals surface area contributed by atoms with E-state index in [1.807, 2.05) is 0 Å². The van der Waals surface area contributed by atoms with Crippen LogP contribution in [-0.2, 0) is 9.59 Å². The van der Waals surface area contributed by atoms with E-state index in [0.717, 1.165) is 17.0 Å². The Morgan fingerprint density at radius 2 is 1.89 bits per heavy atom. The first-order valence-electron chi connectivity index (χ1n) is 7.39. The minimum atomic E-state index is -0.918. The number of carbonyl (C=O) groups excluding carboxylic acids is 3. The van der Waals surface area contributed by atoms with Crippen molar-refractivity contribution in [3.63, 3.8) is 0 Å². The van der Waals surface area contributed by atoms with Crippen molar-refractivity contribution in [2.45, 2.75) is 0 Å². The third-order valence-corrected chi connectivity index (χ3v) is 4.50. The van der Waals surface area contributed by atoms with Crippen LogP contribution in [0.15, 0.2) is 52.5 Å². The number of nitro benzene ring substituents is 1. The highest BCUT2D eigenvalue weighted by atomic mass is 79.9. The van der Waals surface area contributed by atoms with Crippen molar-refractivity contribution in [1.82, 2.24) is 5.32 Å². The Hall–Kier alpha value is -3.04. The lowest BCUT2D eigenvalue weighted by atomic mass is 10.1. The molecule has 0 bridgehead atoms. The molecule has 1 aliphatic rings.